The molecule has 1 atom stereocenters. The van der Waals surface area contributed by atoms with Crippen LogP contribution in [0.3, 0.4) is 0 Å². The summed E-state index contributed by atoms with van der Waals surface area (Å²) < 4.78 is 5.65. The largest absolute Gasteiger partial charge is 0.489 e. The molecule has 0 aliphatic rings. The number of aliphatic hydroxyl groups excluding tert-OH is 2. The molecule has 2 aromatic carbocycles. The Morgan fingerprint density at radius 2 is 1.64 bits per heavy atom. The molecular formula is C19H20O3. The van der Waals surface area contributed by atoms with Gasteiger partial charge in [0.15, 0.2) is 0 Å². The molecule has 0 heterocycles. The van der Waals surface area contributed by atoms with Crippen molar-refractivity contribution >= 4 is 0 Å². The van der Waals surface area contributed by atoms with Crippen molar-refractivity contribution in [2.45, 2.75) is 6.10 Å². The van der Waals surface area contributed by atoms with Crippen LogP contribution in [0.5, 0.6) is 5.75 Å². The van der Waals surface area contributed by atoms with Gasteiger partial charge in [-0.25, -0.2) is 0 Å². The van der Waals surface area contributed by atoms with E-state index in [-0.39, 0.29) is 13.2 Å². The van der Waals surface area contributed by atoms with Gasteiger partial charge in [-0.1, -0.05) is 61.2 Å². The monoisotopic (exact) mass is 296 g/mol. The van der Waals surface area contributed by atoms with E-state index in [1.54, 1.807) is 6.08 Å². The van der Waals surface area contributed by atoms with Crippen LogP contribution in [-0.2, 0) is 0 Å². The maximum Gasteiger partial charge on any atom is 0.119 e. The van der Waals surface area contributed by atoms with Crippen molar-refractivity contribution < 1.29 is 14.9 Å². The zero-order chi connectivity index (χ0) is 15.8. The number of ether oxygens (including phenoxy) is 1. The molecule has 0 fully saturated rings. The highest BCUT2D eigenvalue weighted by Gasteiger charge is 2.16. The first kappa shape index (κ1) is 16.0. The number of para-hydroxylation sites is 1. The number of benzene rings is 2. The Kier molecular flexibility index (Phi) is 5.95. The van der Waals surface area contributed by atoms with E-state index in [0.717, 1.165) is 11.3 Å². The molecule has 2 rings (SSSR count). The summed E-state index contributed by atoms with van der Waals surface area (Å²) in [5, 5.41) is 19.7. The lowest BCUT2D eigenvalue weighted by Crippen LogP contribution is -2.10. The first-order chi connectivity index (χ1) is 10.7. The predicted octanol–water partition coefficient (Wildman–Crippen LogP) is 3.27. The van der Waals surface area contributed by atoms with Gasteiger partial charge in [0.2, 0.25) is 0 Å². The second-order valence-corrected chi connectivity index (χ2v) is 4.86. The average molecular weight is 296 g/mol. The van der Waals surface area contributed by atoms with Gasteiger partial charge < -0.3 is 14.9 Å². The van der Waals surface area contributed by atoms with E-state index in [2.05, 4.69) is 6.58 Å². The topological polar surface area (TPSA) is 49.7 Å². The zero-order valence-electron chi connectivity index (χ0n) is 12.4. The summed E-state index contributed by atoms with van der Waals surface area (Å²) in [6.07, 6.45) is 0.731. The molecule has 0 aromatic heterocycles. The van der Waals surface area contributed by atoms with Gasteiger partial charge in [-0.15, -0.1) is 0 Å². The molecule has 0 spiro atoms. The lowest BCUT2D eigenvalue weighted by molar-refractivity contribution is 0.212. The smallest absolute Gasteiger partial charge is 0.119 e. The lowest BCUT2D eigenvalue weighted by Gasteiger charge is -2.18. The summed E-state index contributed by atoms with van der Waals surface area (Å²) in [5.74, 6) is 0.737. The maximum absolute atomic E-state index is 10.5. The van der Waals surface area contributed by atoms with Crippen molar-refractivity contribution in [2.24, 2.45) is 0 Å². The Labute approximate surface area is 130 Å². The van der Waals surface area contributed by atoms with Gasteiger partial charge in [-0.05, 0) is 28.8 Å². The summed E-state index contributed by atoms with van der Waals surface area (Å²) in [5.41, 5.74) is 1.96. The van der Waals surface area contributed by atoms with Crippen LogP contribution in [0.4, 0.5) is 0 Å². The standard InChI is InChI=1S/C19H20O3/c1-15(14-22-17-10-6-3-7-11-17)18(12-13-20)19(21)16-8-4-2-5-9-16/h2-12,19-21H,1,13-14H2/b18-12-. The van der Waals surface area contributed by atoms with Crippen molar-refractivity contribution in [1.82, 2.24) is 0 Å². The molecule has 22 heavy (non-hydrogen) atoms. The van der Waals surface area contributed by atoms with Crippen LogP contribution in [0.2, 0.25) is 0 Å². The quantitative estimate of drug-likeness (QED) is 0.771. The van der Waals surface area contributed by atoms with Crippen molar-refractivity contribution in [3.8, 4) is 5.75 Å². The molecular weight excluding hydrogens is 276 g/mol. The average Bonchev–Trinajstić information content (AvgIpc) is 2.58. The fourth-order valence-electron chi connectivity index (χ4n) is 2.13. The zero-order valence-corrected chi connectivity index (χ0v) is 12.4. The van der Waals surface area contributed by atoms with E-state index >= 15 is 0 Å². The molecule has 0 saturated carbocycles. The van der Waals surface area contributed by atoms with Crippen LogP contribution < -0.4 is 4.74 Å². The van der Waals surface area contributed by atoms with Gasteiger partial charge >= 0.3 is 0 Å². The van der Waals surface area contributed by atoms with E-state index in [4.69, 9.17) is 4.74 Å². The van der Waals surface area contributed by atoms with Gasteiger partial charge in [-0.3, -0.25) is 0 Å². The van der Waals surface area contributed by atoms with Crippen molar-refractivity contribution in [1.29, 1.82) is 0 Å². The summed E-state index contributed by atoms with van der Waals surface area (Å²) in [6.45, 7) is 4.06. The van der Waals surface area contributed by atoms with E-state index in [9.17, 15) is 10.2 Å². The number of rotatable bonds is 7. The number of hydrogen-bond donors (Lipinski definition) is 2. The van der Waals surface area contributed by atoms with Gasteiger partial charge in [0, 0.05) is 0 Å². The van der Waals surface area contributed by atoms with Crippen LogP contribution in [0.25, 0.3) is 0 Å². The van der Waals surface area contributed by atoms with Gasteiger partial charge in [-0.2, -0.15) is 0 Å². The number of hydrogen-bond acceptors (Lipinski definition) is 3. The highest BCUT2D eigenvalue weighted by Crippen LogP contribution is 2.26. The minimum atomic E-state index is -0.833. The third-order valence-corrected chi connectivity index (χ3v) is 3.29. The highest BCUT2D eigenvalue weighted by atomic mass is 16.5. The first-order valence-corrected chi connectivity index (χ1v) is 7.12. The van der Waals surface area contributed by atoms with Crippen molar-refractivity contribution in [2.75, 3.05) is 13.2 Å². The Balaban J connectivity index is 2.07. The molecule has 0 saturated heterocycles. The van der Waals surface area contributed by atoms with Crippen molar-refractivity contribution in [3.63, 3.8) is 0 Å². The van der Waals surface area contributed by atoms with E-state index in [0.29, 0.717) is 11.1 Å². The number of aliphatic hydroxyl groups is 2. The second kappa shape index (κ2) is 8.17. The van der Waals surface area contributed by atoms with Gasteiger partial charge in [0.25, 0.3) is 0 Å². The third-order valence-electron chi connectivity index (χ3n) is 3.29. The first-order valence-electron chi connectivity index (χ1n) is 7.12. The molecule has 114 valence electrons. The Morgan fingerprint density at radius 1 is 1.05 bits per heavy atom. The molecule has 0 radical (unpaired) electrons. The molecule has 1 unspecified atom stereocenters. The molecule has 0 amide bonds. The van der Waals surface area contributed by atoms with Crippen LogP contribution >= 0.6 is 0 Å². The van der Waals surface area contributed by atoms with Crippen LogP contribution in [0.15, 0.2) is 84.5 Å². The molecule has 0 bridgehead atoms. The summed E-state index contributed by atoms with van der Waals surface area (Å²) in [7, 11) is 0. The predicted molar refractivity (Wildman–Crippen MR) is 87.6 cm³/mol. The maximum atomic E-state index is 10.5. The van der Waals surface area contributed by atoms with Crippen molar-refractivity contribution in [3.05, 3.63) is 90.0 Å². The van der Waals surface area contributed by atoms with Crippen LogP contribution in [0, 0.1) is 0 Å². The third kappa shape index (κ3) is 4.32. The molecule has 3 heteroatoms. The molecule has 2 N–H and O–H groups in total. The van der Waals surface area contributed by atoms with Gasteiger partial charge in [0.1, 0.15) is 18.5 Å². The Bertz CT molecular complexity index is 618. The minimum Gasteiger partial charge on any atom is -0.489 e. The highest BCUT2D eigenvalue weighted by molar-refractivity contribution is 5.38. The fourth-order valence-corrected chi connectivity index (χ4v) is 2.13. The van der Waals surface area contributed by atoms with E-state index < -0.39 is 6.10 Å². The van der Waals surface area contributed by atoms with Crippen LogP contribution in [0.1, 0.15) is 11.7 Å². The summed E-state index contributed by atoms with van der Waals surface area (Å²) >= 11 is 0. The van der Waals surface area contributed by atoms with E-state index in [1.807, 2.05) is 60.7 Å². The molecule has 2 aromatic rings. The van der Waals surface area contributed by atoms with Crippen LogP contribution in [-0.4, -0.2) is 23.4 Å². The lowest BCUT2D eigenvalue weighted by atomic mass is 9.96. The summed E-state index contributed by atoms with van der Waals surface area (Å²) in [6, 6.07) is 18.7. The Hall–Kier alpha value is -2.36. The normalized spacial score (nSPS) is 12.7. The SMILES string of the molecule is C=C(COc1ccccc1)/C(=C/CO)C(O)c1ccccc1. The van der Waals surface area contributed by atoms with Gasteiger partial charge in [0.05, 0.1) is 6.61 Å². The minimum absolute atomic E-state index is 0.163. The molecule has 0 aliphatic carbocycles. The molecule has 3 nitrogen and oxygen atoms in total. The Morgan fingerprint density at radius 3 is 2.23 bits per heavy atom. The second-order valence-electron chi connectivity index (χ2n) is 4.86. The molecule has 0 aliphatic heterocycles. The fraction of sp³-hybridized carbons (Fsp3) is 0.158. The van der Waals surface area contributed by atoms with E-state index in [1.165, 1.54) is 0 Å². The summed E-state index contributed by atoms with van der Waals surface area (Å²) in [4.78, 5) is 0.